The van der Waals surface area contributed by atoms with Crippen LogP contribution in [0.3, 0.4) is 0 Å². The first-order valence-corrected chi connectivity index (χ1v) is 6.31. The minimum absolute atomic E-state index is 0.312. The fourth-order valence-electron chi connectivity index (χ4n) is 2.85. The predicted molar refractivity (Wildman–Crippen MR) is 68.8 cm³/mol. The molecule has 17 heavy (non-hydrogen) atoms. The molecule has 0 aromatic heterocycles. The molecule has 2 aliphatic rings. The minimum atomic E-state index is 0.312. The van der Waals surface area contributed by atoms with E-state index in [0.29, 0.717) is 18.1 Å². The van der Waals surface area contributed by atoms with Crippen LogP contribution in [0.15, 0.2) is 48.1 Å². The molecular weight excluding hydrogens is 208 g/mol. The van der Waals surface area contributed by atoms with Crippen LogP contribution in [0, 0.1) is 5.92 Å². The summed E-state index contributed by atoms with van der Waals surface area (Å²) in [5, 5.41) is 0. The number of hydrogen-bond donors (Lipinski definition) is 0. The summed E-state index contributed by atoms with van der Waals surface area (Å²) in [4.78, 5) is 12.3. The van der Waals surface area contributed by atoms with Crippen LogP contribution in [0.5, 0.6) is 0 Å². The van der Waals surface area contributed by atoms with Gasteiger partial charge in [-0.1, -0.05) is 42.5 Å². The van der Waals surface area contributed by atoms with Gasteiger partial charge in [0, 0.05) is 6.42 Å². The topological polar surface area (TPSA) is 17.1 Å². The Bertz CT molecular complexity index is 508. The van der Waals surface area contributed by atoms with Gasteiger partial charge in [0.15, 0.2) is 5.78 Å². The monoisotopic (exact) mass is 224 g/mol. The number of rotatable bonds is 0. The maximum atomic E-state index is 12.3. The predicted octanol–water partition coefficient (Wildman–Crippen LogP) is 3.25. The number of carbonyl (C=O) groups excluding carboxylic acids is 1. The normalized spacial score (nSPS) is 23.2. The van der Waals surface area contributed by atoms with Gasteiger partial charge in [0.25, 0.3) is 0 Å². The third-order valence-electron chi connectivity index (χ3n) is 3.83. The van der Waals surface area contributed by atoms with Crippen molar-refractivity contribution in [3.8, 4) is 0 Å². The lowest BCUT2D eigenvalue weighted by atomic mass is 9.79. The van der Waals surface area contributed by atoms with Crippen LogP contribution in [0.1, 0.15) is 24.0 Å². The number of hydrogen-bond acceptors (Lipinski definition) is 1. The van der Waals surface area contributed by atoms with E-state index in [4.69, 9.17) is 0 Å². The van der Waals surface area contributed by atoms with Crippen LogP contribution in [0.4, 0.5) is 0 Å². The Balaban J connectivity index is 1.99. The molecule has 0 aliphatic heterocycles. The lowest BCUT2D eigenvalue weighted by molar-refractivity contribution is -0.115. The van der Waals surface area contributed by atoms with Crippen molar-refractivity contribution in [3.63, 3.8) is 0 Å². The van der Waals surface area contributed by atoms with E-state index in [-0.39, 0.29) is 0 Å². The molecule has 2 aliphatic carbocycles. The molecule has 0 saturated carbocycles. The lowest BCUT2D eigenvalue weighted by Crippen LogP contribution is -2.20. The van der Waals surface area contributed by atoms with Crippen molar-refractivity contribution >= 4 is 5.78 Å². The third kappa shape index (κ3) is 1.97. The highest BCUT2D eigenvalue weighted by molar-refractivity contribution is 5.98. The van der Waals surface area contributed by atoms with E-state index in [1.807, 2.05) is 18.2 Å². The standard InChI is InChI=1S/C16H16O/c17-16-11-14-7-2-1-5-12(14)9-10-13-6-3-4-8-15(13)16/h1-5,7-8,13H,6,9-11H2. The second-order valence-corrected chi connectivity index (χ2v) is 4.89. The number of aryl methyl sites for hydroxylation is 1. The Labute approximate surface area is 102 Å². The highest BCUT2D eigenvalue weighted by Gasteiger charge is 2.24. The molecular formula is C16H16O. The van der Waals surface area contributed by atoms with Gasteiger partial charge < -0.3 is 0 Å². The zero-order valence-electron chi connectivity index (χ0n) is 9.86. The zero-order chi connectivity index (χ0) is 11.7. The Morgan fingerprint density at radius 2 is 1.94 bits per heavy atom. The molecule has 1 unspecified atom stereocenters. The molecule has 0 amide bonds. The number of fused-ring (bicyclic) bond motifs is 2. The van der Waals surface area contributed by atoms with Crippen LogP contribution in [-0.2, 0) is 17.6 Å². The second kappa shape index (κ2) is 4.33. The Kier molecular flexibility index (Phi) is 2.68. The van der Waals surface area contributed by atoms with Crippen LogP contribution in [-0.4, -0.2) is 5.78 Å². The van der Waals surface area contributed by atoms with Crippen LogP contribution < -0.4 is 0 Å². The number of allylic oxidation sites excluding steroid dienone is 4. The summed E-state index contributed by atoms with van der Waals surface area (Å²) < 4.78 is 0. The van der Waals surface area contributed by atoms with Crippen molar-refractivity contribution in [1.82, 2.24) is 0 Å². The van der Waals surface area contributed by atoms with E-state index in [9.17, 15) is 4.79 Å². The molecule has 0 spiro atoms. The van der Waals surface area contributed by atoms with Gasteiger partial charge in [-0.25, -0.2) is 0 Å². The minimum Gasteiger partial charge on any atom is -0.294 e. The maximum absolute atomic E-state index is 12.3. The van der Waals surface area contributed by atoms with E-state index in [1.54, 1.807) is 0 Å². The average molecular weight is 224 g/mol. The van der Waals surface area contributed by atoms with Gasteiger partial charge in [-0.15, -0.1) is 0 Å². The molecule has 1 heteroatoms. The number of benzene rings is 1. The van der Waals surface area contributed by atoms with Gasteiger partial charge in [0.1, 0.15) is 0 Å². The summed E-state index contributed by atoms with van der Waals surface area (Å²) in [6.45, 7) is 0. The summed E-state index contributed by atoms with van der Waals surface area (Å²) in [5.41, 5.74) is 3.61. The molecule has 3 rings (SSSR count). The van der Waals surface area contributed by atoms with Gasteiger partial charge in [0.05, 0.1) is 0 Å². The van der Waals surface area contributed by atoms with E-state index in [0.717, 1.165) is 24.8 Å². The van der Waals surface area contributed by atoms with Crippen molar-refractivity contribution in [2.45, 2.75) is 25.7 Å². The molecule has 0 bridgehead atoms. The molecule has 1 aromatic carbocycles. The first-order valence-electron chi connectivity index (χ1n) is 6.31. The fourth-order valence-corrected chi connectivity index (χ4v) is 2.85. The Hall–Kier alpha value is -1.63. The second-order valence-electron chi connectivity index (χ2n) is 4.89. The highest BCUT2D eigenvalue weighted by atomic mass is 16.1. The molecule has 0 fully saturated rings. The molecule has 1 nitrogen and oxygen atoms in total. The average Bonchev–Trinajstić information content (AvgIpc) is 2.36. The number of carbonyl (C=O) groups is 1. The summed E-state index contributed by atoms with van der Waals surface area (Å²) in [6.07, 6.45) is 10.0. The maximum Gasteiger partial charge on any atom is 0.163 e. The summed E-state index contributed by atoms with van der Waals surface area (Å²) in [7, 11) is 0. The number of Topliss-reactive ketones (excluding diaryl/α,β-unsaturated/α-hetero) is 1. The SMILES string of the molecule is O=C1Cc2ccccc2CCC2CC=CC=C12. The quantitative estimate of drug-likeness (QED) is 0.661. The van der Waals surface area contributed by atoms with Gasteiger partial charge in [-0.3, -0.25) is 4.79 Å². The van der Waals surface area contributed by atoms with Gasteiger partial charge in [0.2, 0.25) is 0 Å². The molecule has 1 atom stereocenters. The smallest absolute Gasteiger partial charge is 0.163 e. The summed E-state index contributed by atoms with van der Waals surface area (Å²) in [5.74, 6) is 0.757. The first-order chi connectivity index (χ1) is 8.34. The third-order valence-corrected chi connectivity index (χ3v) is 3.83. The van der Waals surface area contributed by atoms with Gasteiger partial charge in [-0.2, -0.15) is 0 Å². The van der Waals surface area contributed by atoms with Gasteiger partial charge >= 0.3 is 0 Å². The Morgan fingerprint density at radius 3 is 2.82 bits per heavy atom. The van der Waals surface area contributed by atoms with Crippen LogP contribution in [0.2, 0.25) is 0 Å². The van der Waals surface area contributed by atoms with Crippen molar-refractivity contribution in [1.29, 1.82) is 0 Å². The van der Waals surface area contributed by atoms with Gasteiger partial charge in [-0.05, 0) is 41.9 Å². The van der Waals surface area contributed by atoms with Crippen LogP contribution >= 0.6 is 0 Å². The van der Waals surface area contributed by atoms with E-state index in [1.165, 1.54) is 11.1 Å². The van der Waals surface area contributed by atoms with Crippen LogP contribution in [0.25, 0.3) is 0 Å². The van der Waals surface area contributed by atoms with Crippen molar-refractivity contribution in [3.05, 3.63) is 59.2 Å². The molecule has 1 aromatic rings. The number of ketones is 1. The van der Waals surface area contributed by atoms with E-state index >= 15 is 0 Å². The Morgan fingerprint density at radius 1 is 1.12 bits per heavy atom. The lowest BCUT2D eigenvalue weighted by Gasteiger charge is -2.24. The molecule has 0 heterocycles. The van der Waals surface area contributed by atoms with Crippen molar-refractivity contribution in [2.75, 3.05) is 0 Å². The summed E-state index contributed by atoms with van der Waals surface area (Å²) in [6, 6.07) is 8.35. The first kappa shape index (κ1) is 10.5. The van der Waals surface area contributed by atoms with Crippen molar-refractivity contribution < 1.29 is 4.79 Å². The fraction of sp³-hybridized carbons (Fsp3) is 0.312. The molecule has 0 saturated heterocycles. The molecule has 86 valence electrons. The van der Waals surface area contributed by atoms with E-state index < -0.39 is 0 Å². The molecule has 0 N–H and O–H groups in total. The summed E-state index contributed by atoms with van der Waals surface area (Å²) >= 11 is 0. The zero-order valence-corrected chi connectivity index (χ0v) is 9.86. The molecule has 0 radical (unpaired) electrons. The van der Waals surface area contributed by atoms with Crippen molar-refractivity contribution in [2.24, 2.45) is 5.92 Å². The highest BCUT2D eigenvalue weighted by Crippen LogP contribution is 2.30. The van der Waals surface area contributed by atoms with E-state index in [2.05, 4.69) is 24.3 Å². The largest absolute Gasteiger partial charge is 0.294 e.